The minimum absolute atomic E-state index is 0.0301. The third-order valence-electron chi connectivity index (χ3n) is 7.17. The third kappa shape index (κ3) is 5.25. The number of carbonyl (C=O) groups is 3. The summed E-state index contributed by atoms with van der Waals surface area (Å²) in [5, 5.41) is 11.2. The Balaban J connectivity index is 1.46. The molecule has 0 bridgehead atoms. The van der Waals surface area contributed by atoms with Gasteiger partial charge in [0.2, 0.25) is 12.7 Å². The van der Waals surface area contributed by atoms with Crippen LogP contribution < -0.4 is 19.7 Å². The zero-order valence-electron chi connectivity index (χ0n) is 22.7. The van der Waals surface area contributed by atoms with Gasteiger partial charge in [-0.2, -0.15) is 0 Å². The number of ether oxygens (including phenoxy) is 3. The molecule has 4 heterocycles. The summed E-state index contributed by atoms with van der Waals surface area (Å²) in [5.41, 5.74) is 1.63. The molecule has 2 atom stereocenters. The third-order valence-corrected chi connectivity index (χ3v) is 7.17. The fraction of sp³-hybridized carbons (Fsp3) is 0.345. The van der Waals surface area contributed by atoms with Crippen LogP contribution in [-0.2, 0) is 20.9 Å². The lowest BCUT2D eigenvalue weighted by molar-refractivity contribution is -0.127. The van der Waals surface area contributed by atoms with E-state index in [0.29, 0.717) is 34.9 Å². The van der Waals surface area contributed by atoms with Gasteiger partial charge in [0, 0.05) is 24.8 Å². The van der Waals surface area contributed by atoms with E-state index in [1.165, 1.54) is 22.6 Å². The number of nitrogens with zero attached hydrogens (tertiary/aromatic N) is 4. The number of benzene rings is 2. The number of furan rings is 1. The molecule has 0 radical (unpaired) electrons. The highest BCUT2D eigenvalue weighted by atomic mass is 16.7. The summed E-state index contributed by atoms with van der Waals surface area (Å²) in [7, 11) is 0. The first kappa shape index (κ1) is 26.5. The number of hydrogen-bond acceptors (Lipinski definition) is 9. The van der Waals surface area contributed by atoms with Crippen LogP contribution in [0.4, 0.5) is 5.69 Å². The normalized spacial score (nSPS) is 16.6. The largest absolute Gasteiger partial charge is 0.464 e. The predicted molar refractivity (Wildman–Crippen MR) is 146 cm³/mol. The van der Waals surface area contributed by atoms with Crippen LogP contribution in [0.15, 0.2) is 52.9 Å². The zero-order chi connectivity index (χ0) is 28.5. The highest BCUT2D eigenvalue weighted by molar-refractivity contribution is 6.08. The Morgan fingerprint density at radius 2 is 1.93 bits per heavy atom. The SMILES string of the molecule is CC(=O)c1cc2c(cc1N(C(=O)Cn1nnc3ccccc31)[C@H](C(=O)NC[C@H]1CCCO1)c1ccc(C)o1)OCO2. The van der Waals surface area contributed by atoms with Crippen LogP contribution in [-0.4, -0.2) is 58.6 Å². The lowest BCUT2D eigenvalue weighted by Crippen LogP contribution is -2.47. The van der Waals surface area contributed by atoms with E-state index in [0.717, 1.165) is 12.8 Å². The van der Waals surface area contributed by atoms with E-state index in [1.807, 2.05) is 12.1 Å². The molecule has 2 aliphatic rings. The smallest absolute Gasteiger partial charge is 0.251 e. The van der Waals surface area contributed by atoms with Gasteiger partial charge in [0.15, 0.2) is 23.3 Å². The van der Waals surface area contributed by atoms with Crippen molar-refractivity contribution in [3.63, 3.8) is 0 Å². The highest BCUT2D eigenvalue weighted by Gasteiger charge is 2.38. The molecule has 2 amide bonds. The van der Waals surface area contributed by atoms with E-state index in [9.17, 15) is 14.4 Å². The minimum atomic E-state index is -1.26. The number of aromatic nitrogens is 3. The average molecular weight is 560 g/mol. The van der Waals surface area contributed by atoms with Crippen LogP contribution in [0.1, 0.15) is 47.7 Å². The Morgan fingerprint density at radius 1 is 1.12 bits per heavy atom. The van der Waals surface area contributed by atoms with E-state index < -0.39 is 17.9 Å². The van der Waals surface area contributed by atoms with Gasteiger partial charge in [-0.05, 0) is 57.0 Å². The fourth-order valence-electron chi connectivity index (χ4n) is 5.16. The van der Waals surface area contributed by atoms with Crippen LogP contribution in [0.5, 0.6) is 11.5 Å². The Hall–Kier alpha value is -4.71. The molecule has 12 nitrogen and oxygen atoms in total. The van der Waals surface area contributed by atoms with Crippen LogP contribution in [0.3, 0.4) is 0 Å². The highest BCUT2D eigenvalue weighted by Crippen LogP contribution is 2.41. The van der Waals surface area contributed by atoms with Crippen molar-refractivity contribution in [3.8, 4) is 11.5 Å². The van der Waals surface area contributed by atoms with Crippen molar-refractivity contribution in [2.45, 2.75) is 45.4 Å². The monoisotopic (exact) mass is 559 g/mol. The molecule has 0 saturated carbocycles. The number of hydrogen-bond donors (Lipinski definition) is 1. The average Bonchev–Trinajstić information content (AvgIpc) is 3.78. The van der Waals surface area contributed by atoms with Crippen LogP contribution >= 0.6 is 0 Å². The number of para-hydroxylation sites is 1. The molecule has 0 aliphatic carbocycles. The number of amides is 2. The summed E-state index contributed by atoms with van der Waals surface area (Å²) in [6.07, 6.45) is 1.61. The lowest BCUT2D eigenvalue weighted by Gasteiger charge is -2.31. The molecule has 41 heavy (non-hydrogen) atoms. The summed E-state index contributed by atoms with van der Waals surface area (Å²) in [4.78, 5) is 42.5. The maximum Gasteiger partial charge on any atom is 0.251 e. The van der Waals surface area contributed by atoms with E-state index in [-0.39, 0.29) is 48.8 Å². The number of carbonyl (C=O) groups excluding carboxylic acids is 3. The number of rotatable bonds is 9. The van der Waals surface area contributed by atoms with Crippen molar-refractivity contribution < 1.29 is 33.0 Å². The van der Waals surface area contributed by atoms with E-state index in [1.54, 1.807) is 37.3 Å². The molecule has 6 rings (SSSR count). The predicted octanol–water partition coefficient (Wildman–Crippen LogP) is 3.33. The van der Waals surface area contributed by atoms with Gasteiger partial charge in [-0.1, -0.05) is 17.3 Å². The number of aryl methyl sites for hydroxylation is 1. The molecular formula is C29H29N5O7. The molecule has 12 heteroatoms. The topological polar surface area (TPSA) is 138 Å². The first-order valence-corrected chi connectivity index (χ1v) is 13.4. The number of anilines is 1. The van der Waals surface area contributed by atoms with Gasteiger partial charge in [-0.15, -0.1) is 5.10 Å². The van der Waals surface area contributed by atoms with Gasteiger partial charge < -0.3 is 23.9 Å². The molecule has 0 unspecified atom stereocenters. The van der Waals surface area contributed by atoms with Crippen LogP contribution in [0.2, 0.25) is 0 Å². The molecule has 212 valence electrons. The molecule has 2 aromatic carbocycles. The molecule has 0 spiro atoms. The van der Waals surface area contributed by atoms with E-state index >= 15 is 0 Å². The standard InChI is InChI=1S/C29H29N5O7/c1-17-9-10-24(41-17)28(29(37)30-14-19-6-5-11-38-19)34(23-13-26-25(39-16-40-26)12-20(23)18(2)35)27(36)15-33-22-8-4-3-7-21(22)31-32-33/h3-4,7-10,12-13,19,28H,5-6,11,14-16H2,1-2H3,(H,30,37)/t19-,28+/m1/s1. The Bertz CT molecular complexity index is 1620. The van der Waals surface area contributed by atoms with Crippen LogP contribution in [0, 0.1) is 6.92 Å². The summed E-state index contributed by atoms with van der Waals surface area (Å²) in [6.45, 7) is 3.75. The molecule has 1 fully saturated rings. The molecule has 4 aromatic rings. The molecule has 1 saturated heterocycles. The fourth-order valence-corrected chi connectivity index (χ4v) is 5.16. The second-order valence-electron chi connectivity index (χ2n) is 10.0. The first-order chi connectivity index (χ1) is 19.9. The van der Waals surface area contributed by atoms with Crippen molar-refractivity contribution in [2.24, 2.45) is 0 Å². The van der Waals surface area contributed by atoms with Crippen molar-refractivity contribution in [3.05, 3.63) is 65.6 Å². The minimum Gasteiger partial charge on any atom is -0.464 e. The molecular weight excluding hydrogens is 530 g/mol. The number of Topliss-reactive ketones (excluding diaryl/α,β-unsaturated/α-hetero) is 1. The van der Waals surface area contributed by atoms with Gasteiger partial charge in [0.05, 0.1) is 17.3 Å². The number of nitrogens with one attached hydrogen (secondary N) is 1. The Labute approximate surface area is 235 Å². The first-order valence-electron chi connectivity index (χ1n) is 13.4. The summed E-state index contributed by atoms with van der Waals surface area (Å²) < 4.78 is 24.2. The maximum atomic E-state index is 14.3. The lowest BCUT2D eigenvalue weighted by atomic mass is 10.0. The quantitative estimate of drug-likeness (QED) is 0.306. The number of ketones is 1. The van der Waals surface area contributed by atoms with Gasteiger partial charge in [0.1, 0.15) is 23.6 Å². The van der Waals surface area contributed by atoms with E-state index in [4.69, 9.17) is 18.6 Å². The van der Waals surface area contributed by atoms with Crippen molar-refractivity contribution in [1.82, 2.24) is 20.3 Å². The summed E-state index contributed by atoms with van der Waals surface area (Å²) >= 11 is 0. The summed E-state index contributed by atoms with van der Waals surface area (Å²) in [5.74, 6) is 0.189. The van der Waals surface area contributed by atoms with Gasteiger partial charge >= 0.3 is 0 Å². The van der Waals surface area contributed by atoms with Crippen molar-refractivity contribution in [1.29, 1.82) is 0 Å². The van der Waals surface area contributed by atoms with Gasteiger partial charge in [0.25, 0.3) is 5.91 Å². The van der Waals surface area contributed by atoms with Gasteiger partial charge in [-0.25, -0.2) is 4.68 Å². The van der Waals surface area contributed by atoms with E-state index in [2.05, 4.69) is 15.6 Å². The molecule has 1 N–H and O–H groups in total. The number of fused-ring (bicyclic) bond motifs is 2. The molecule has 2 aliphatic heterocycles. The second kappa shape index (κ2) is 11.0. The summed E-state index contributed by atoms with van der Waals surface area (Å²) in [6, 6.07) is 12.4. The van der Waals surface area contributed by atoms with Crippen molar-refractivity contribution >= 4 is 34.3 Å². The van der Waals surface area contributed by atoms with Crippen molar-refractivity contribution in [2.75, 3.05) is 24.8 Å². The molecule has 2 aromatic heterocycles. The zero-order valence-corrected chi connectivity index (χ0v) is 22.7. The Kier molecular flexibility index (Phi) is 7.14. The van der Waals surface area contributed by atoms with Gasteiger partial charge in [-0.3, -0.25) is 19.3 Å². The van der Waals surface area contributed by atoms with Crippen LogP contribution in [0.25, 0.3) is 11.0 Å². The maximum absolute atomic E-state index is 14.3. The Morgan fingerprint density at radius 3 is 2.66 bits per heavy atom. The second-order valence-corrected chi connectivity index (χ2v) is 10.0.